The number of rotatable bonds is 84. The van der Waals surface area contributed by atoms with E-state index in [0.29, 0.717) is 25.7 Å². The highest BCUT2D eigenvalue weighted by molar-refractivity contribution is 7.47. The van der Waals surface area contributed by atoms with E-state index in [1.165, 1.54) is 250 Å². The van der Waals surface area contributed by atoms with Gasteiger partial charge in [0.05, 0.1) is 26.4 Å². The van der Waals surface area contributed by atoms with Crippen molar-refractivity contribution in [2.45, 2.75) is 457 Å². The van der Waals surface area contributed by atoms with Crippen LogP contribution in [0.1, 0.15) is 439 Å². The SMILES string of the molecule is CCCCCC/C=C\C=C/CCCCCCCC(=O)O[C@H](COC(=O)CCCCCCCCCCCC)COP(=O)(O)OC[C@H](O)COP(=O)(O)OC[C@@H](COC(=O)CCCCCCCCCCCCCCCCCC(C)C)OC(=O)CCCCCCCCCCCCCCCCCCCCCCCC. The third kappa shape index (κ3) is 79.4. The summed E-state index contributed by atoms with van der Waals surface area (Å²) in [4.78, 5) is 73.1. The maximum absolute atomic E-state index is 13.1. The molecule has 0 saturated heterocycles. The number of ether oxygens (including phenoxy) is 4. The Bertz CT molecular complexity index is 2090. The molecule has 0 aliphatic rings. The molecule has 19 heteroatoms. The van der Waals surface area contributed by atoms with Crippen molar-refractivity contribution < 1.29 is 80.2 Å². The van der Waals surface area contributed by atoms with E-state index in [2.05, 4.69) is 58.9 Å². The molecule has 17 nitrogen and oxygen atoms in total. The van der Waals surface area contributed by atoms with Gasteiger partial charge in [-0.05, 0) is 57.3 Å². The maximum Gasteiger partial charge on any atom is 0.472 e. The Hall–Kier alpha value is -2.46. The minimum Gasteiger partial charge on any atom is -0.462 e. The Balaban J connectivity index is 5.24. The summed E-state index contributed by atoms with van der Waals surface area (Å²) in [6.45, 7) is 7.31. The summed E-state index contributed by atoms with van der Waals surface area (Å²) >= 11 is 0. The van der Waals surface area contributed by atoms with Crippen LogP contribution >= 0.6 is 15.6 Å². The third-order valence-corrected chi connectivity index (χ3v) is 21.6. The standard InChI is InChI=1S/C86H164O17P2/c1-6-9-12-15-18-21-24-26-28-29-30-31-32-33-34-38-43-47-52-57-62-67-72-86(91)103-82(76-97-84(89)70-65-60-55-50-45-41-39-35-37-40-44-48-53-58-63-68-79(4)5)78-101-105(94,95)99-74-80(87)73-98-104(92,93)100-77-81(75-96-83(88)69-64-59-54-49-23-20-17-14-11-8-3)102-85(90)71-66-61-56-51-46-42-36-27-25-22-19-16-13-10-7-2/h22,25,27,36,79-82,87H,6-21,23-24,26,28-35,37-78H2,1-5H3,(H,92,93)(H,94,95)/b25-22-,36-27-/t80-,81+,82+/m0/s1. The largest absolute Gasteiger partial charge is 0.472 e. The highest BCUT2D eigenvalue weighted by atomic mass is 31.2. The highest BCUT2D eigenvalue weighted by Gasteiger charge is 2.30. The summed E-state index contributed by atoms with van der Waals surface area (Å²) in [5.41, 5.74) is 0. The van der Waals surface area contributed by atoms with Gasteiger partial charge in [0, 0.05) is 25.7 Å². The van der Waals surface area contributed by atoms with Crippen molar-refractivity contribution in [3.8, 4) is 0 Å². The molecular formula is C86H164O17P2. The van der Waals surface area contributed by atoms with Crippen LogP contribution in [-0.4, -0.2) is 96.7 Å². The normalized spacial score (nSPS) is 13.9. The smallest absolute Gasteiger partial charge is 0.462 e. The number of allylic oxidation sites excluding steroid dienone is 4. The predicted molar refractivity (Wildman–Crippen MR) is 432 cm³/mol. The summed E-state index contributed by atoms with van der Waals surface area (Å²) in [6.07, 6.45) is 74.5. The summed E-state index contributed by atoms with van der Waals surface area (Å²) in [6, 6.07) is 0. The molecule has 0 aliphatic carbocycles. The number of carbonyl (C=O) groups is 4. The zero-order chi connectivity index (χ0) is 76.9. The number of carbonyl (C=O) groups excluding carboxylic acids is 4. The van der Waals surface area contributed by atoms with Crippen molar-refractivity contribution >= 4 is 39.5 Å². The first-order valence-corrected chi connectivity index (χ1v) is 46.9. The van der Waals surface area contributed by atoms with E-state index in [4.69, 9.17) is 37.0 Å². The fraction of sp³-hybridized carbons (Fsp3) is 0.907. The van der Waals surface area contributed by atoms with Crippen molar-refractivity contribution in [1.82, 2.24) is 0 Å². The lowest BCUT2D eigenvalue weighted by atomic mass is 10.0. The van der Waals surface area contributed by atoms with E-state index in [0.717, 1.165) is 109 Å². The van der Waals surface area contributed by atoms with Crippen LogP contribution in [0.15, 0.2) is 24.3 Å². The molecule has 0 radical (unpaired) electrons. The fourth-order valence-electron chi connectivity index (χ4n) is 12.9. The van der Waals surface area contributed by atoms with Crippen LogP contribution in [-0.2, 0) is 65.4 Å². The fourth-order valence-corrected chi connectivity index (χ4v) is 14.5. The van der Waals surface area contributed by atoms with E-state index in [1.807, 2.05) is 0 Å². The summed E-state index contributed by atoms with van der Waals surface area (Å²) < 4.78 is 68.8. The topological polar surface area (TPSA) is 237 Å². The van der Waals surface area contributed by atoms with Crippen LogP contribution in [0.4, 0.5) is 0 Å². The molecular weight excluding hydrogens is 1370 g/mol. The molecule has 0 aliphatic heterocycles. The van der Waals surface area contributed by atoms with E-state index in [9.17, 15) is 43.2 Å². The number of phosphoric acid groups is 2. The molecule has 620 valence electrons. The van der Waals surface area contributed by atoms with Crippen LogP contribution < -0.4 is 0 Å². The first-order valence-electron chi connectivity index (χ1n) is 44.0. The third-order valence-electron chi connectivity index (χ3n) is 19.7. The lowest BCUT2D eigenvalue weighted by Crippen LogP contribution is -2.30. The van der Waals surface area contributed by atoms with E-state index < -0.39 is 97.5 Å². The van der Waals surface area contributed by atoms with Crippen LogP contribution in [0.3, 0.4) is 0 Å². The Kier molecular flexibility index (Phi) is 76.4. The van der Waals surface area contributed by atoms with Gasteiger partial charge in [0.1, 0.15) is 19.3 Å². The molecule has 0 fully saturated rings. The number of aliphatic hydroxyl groups excluding tert-OH is 1. The van der Waals surface area contributed by atoms with Gasteiger partial charge in [0.2, 0.25) is 0 Å². The predicted octanol–water partition coefficient (Wildman–Crippen LogP) is 25.9. The number of hydrogen-bond donors (Lipinski definition) is 3. The number of phosphoric ester groups is 2. The Morgan fingerprint density at radius 3 is 0.781 bits per heavy atom. The maximum atomic E-state index is 13.1. The van der Waals surface area contributed by atoms with Crippen molar-refractivity contribution in [3.05, 3.63) is 24.3 Å². The van der Waals surface area contributed by atoms with E-state index in [-0.39, 0.29) is 25.7 Å². The molecule has 0 aromatic heterocycles. The van der Waals surface area contributed by atoms with Gasteiger partial charge in [0.15, 0.2) is 12.2 Å². The first-order chi connectivity index (χ1) is 51.0. The molecule has 2 unspecified atom stereocenters. The Labute approximate surface area is 643 Å². The molecule has 0 heterocycles. The second-order valence-corrected chi connectivity index (χ2v) is 33.6. The van der Waals surface area contributed by atoms with Gasteiger partial charge < -0.3 is 33.8 Å². The molecule has 5 atom stereocenters. The zero-order valence-corrected chi connectivity index (χ0v) is 70.1. The van der Waals surface area contributed by atoms with Gasteiger partial charge in [-0.2, -0.15) is 0 Å². The average Bonchev–Trinajstić information content (AvgIpc) is 0.905. The Morgan fingerprint density at radius 2 is 0.514 bits per heavy atom. The molecule has 0 amide bonds. The van der Waals surface area contributed by atoms with Crippen molar-refractivity contribution in [3.63, 3.8) is 0 Å². The lowest BCUT2D eigenvalue weighted by molar-refractivity contribution is -0.161. The molecule has 0 aromatic rings. The second-order valence-electron chi connectivity index (χ2n) is 30.7. The number of unbranched alkanes of at least 4 members (excludes halogenated alkanes) is 53. The molecule has 0 spiro atoms. The highest BCUT2D eigenvalue weighted by Crippen LogP contribution is 2.45. The molecule has 3 N–H and O–H groups in total. The van der Waals surface area contributed by atoms with Gasteiger partial charge in [-0.25, -0.2) is 9.13 Å². The minimum absolute atomic E-state index is 0.0856. The van der Waals surface area contributed by atoms with Crippen LogP contribution in [0.2, 0.25) is 0 Å². The van der Waals surface area contributed by atoms with Crippen LogP contribution in [0.25, 0.3) is 0 Å². The molecule has 0 aromatic carbocycles. The Morgan fingerprint density at radius 1 is 0.295 bits per heavy atom. The van der Waals surface area contributed by atoms with E-state index in [1.54, 1.807) is 0 Å². The van der Waals surface area contributed by atoms with Crippen LogP contribution in [0.5, 0.6) is 0 Å². The summed E-state index contributed by atoms with van der Waals surface area (Å²) in [5, 5.41) is 10.7. The van der Waals surface area contributed by atoms with Gasteiger partial charge in [-0.15, -0.1) is 0 Å². The zero-order valence-electron chi connectivity index (χ0n) is 68.4. The number of hydrogen-bond acceptors (Lipinski definition) is 15. The van der Waals surface area contributed by atoms with Crippen molar-refractivity contribution in [1.29, 1.82) is 0 Å². The average molecular weight is 1530 g/mol. The lowest BCUT2D eigenvalue weighted by Gasteiger charge is -2.21. The first kappa shape index (κ1) is 103. The number of aliphatic hydroxyl groups is 1. The molecule has 0 saturated carbocycles. The van der Waals surface area contributed by atoms with Crippen molar-refractivity contribution in [2.75, 3.05) is 39.6 Å². The second kappa shape index (κ2) is 78.2. The van der Waals surface area contributed by atoms with Gasteiger partial charge in [-0.3, -0.25) is 37.3 Å². The van der Waals surface area contributed by atoms with Gasteiger partial charge >= 0.3 is 39.5 Å². The minimum atomic E-state index is -4.97. The quantitative estimate of drug-likeness (QED) is 0.0169. The van der Waals surface area contributed by atoms with Gasteiger partial charge in [0.25, 0.3) is 0 Å². The van der Waals surface area contributed by atoms with Gasteiger partial charge in [-0.1, -0.05) is 386 Å². The van der Waals surface area contributed by atoms with Crippen LogP contribution in [0, 0.1) is 5.92 Å². The van der Waals surface area contributed by atoms with Crippen molar-refractivity contribution in [2.24, 2.45) is 5.92 Å². The summed E-state index contributed by atoms with van der Waals surface area (Å²) in [5.74, 6) is -1.33. The molecule has 105 heavy (non-hydrogen) atoms. The number of esters is 4. The molecule has 0 bridgehead atoms. The molecule has 0 rings (SSSR count). The van der Waals surface area contributed by atoms with E-state index >= 15 is 0 Å². The summed E-state index contributed by atoms with van der Waals surface area (Å²) in [7, 11) is -9.94. The monoisotopic (exact) mass is 1530 g/mol.